The number of carbonyl (C=O) groups is 1. The molecular weight excluding hydrogens is 438 g/mol. The van der Waals surface area contributed by atoms with Crippen LogP contribution in [0.5, 0.6) is 0 Å². The molecule has 0 heterocycles. The van der Waals surface area contributed by atoms with Crippen molar-refractivity contribution in [3.8, 4) is 11.1 Å². The molecule has 0 aromatic heterocycles. The quantitative estimate of drug-likeness (QED) is 0.564. The van der Waals surface area contributed by atoms with E-state index in [0.717, 1.165) is 20.1 Å². The molecule has 2 atom stereocenters. The van der Waals surface area contributed by atoms with Crippen molar-refractivity contribution in [2.45, 2.75) is 49.1 Å². The fourth-order valence-electron chi connectivity index (χ4n) is 3.05. The summed E-state index contributed by atoms with van der Waals surface area (Å²) in [6.45, 7) is 2.19. The van der Waals surface area contributed by atoms with Gasteiger partial charge in [-0.2, -0.15) is 13.2 Å². The second-order valence-corrected chi connectivity index (χ2v) is 9.89. The second-order valence-electron chi connectivity index (χ2n) is 7.87. The molecule has 2 rings (SSSR count). The Balaban J connectivity index is 2.32. The van der Waals surface area contributed by atoms with Crippen molar-refractivity contribution in [2.75, 3.05) is 6.26 Å². The van der Waals surface area contributed by atoms with Gasteiger partial charge in [-0.05, 0) is 42.7 Å². The van der Waals surface area contributed by atoms with E-state index in [1.807, 2.05) is 5.32 Å². The molecule has 10 heteroatoms. The monoisotopic (exact) mass is 461 g/mol. The lowest BCUT2D eigenvalue weighted by atomic mass is 9.97. The van der Waals surface area contributed by atoms with Gasteiger partial charge in [0, 0.05) is 12.7 Å². The van der Waals surface area contributed by atoms with E-state index in [4.69, 9.17) is 0 Å². The molecule has 0 aliphatic carbocycles. The fourth-order valence-corrected chi connectivity index (χ4v) is 3.68. The van der Waals surface area contributed by atoms with Gasteiger partial charge in [-0.3, -0.25) is 10.1 Å². The number of benzene rings is 2. The third-order valence-corrected chi connectivity index (χ3v) is 5.67. The lowest BCUT2D eigenvalue weighted by molar-refractivity contribution is -0.164. The van der Waals surface area contributed by atoms with Crippen molar-refractivity contribution in [2.24, 2.45) is 0 Å². The van der Waals surface area contributed by atoms with E-state index in [1.54, 1.807) is 0 Å². The maximum atomic E-state index is 13.9. The van der Waals surface area contributed by atoms with Crippen LogP contribution in [-0.2, 0) is 14.6 Å². The fraction of sp³-hybridized carbons (Fsp3) is 0.381. The van der Waals surface area contributed by atoms with E-state index >= 15 is 0 Å². The number of aliphatic carboxylic acids is 1. The molecule has 2 aromatic rings. The topological polar surface area (TPSA) is 83.5 Å². The number of hydrogen-bond acceptors (Lipinski definition) is 4. The van der Waals surface area contributed by atoms with Crippen LogP contribution in [0.2, 0.25) is 0 Å². The molecule has 2 unspecified atom stereocenters. The summed E-state index contributed by atoms with van der Waals surface area (Å²) in [4.78, 5) is 11.5. The highest BCUT2D eigenvalue weighted by molar-refractivity contribution is 7.90. The normalized spacial score (nSPS) is 14.8. The van der Waals surface area contributed by atoms with Gasteiger partial charge >= 0.3 is 12.1 Å². The van der Waals surface area contributed by atoms with Crippen molar-refractivity contribution >= 4 is 15.8 Å². The average molecular weight is 461 g/mol. The number of carboxylic acids is 1. The molecule has 0 aliphatic heterocycles. The molecule has 0 saturated heterocycles. The maximum Gasteiger partial charge on any atom is 0.407 e. The van der Waals surface area contributed by atoms with E-state index in [9.17, 15) is 35.9 Å². The van der Waals surface area contributed by atoms with Crippen molar-refractivity contribution in [3.63, 3.8) is 0 Å². The number of rotatable bonds is 8. The third kappa shape index (κ3) is 7.03. The average Bonchev–Trinajstić information content (AvgIpc) is 2.62. The van der Waals surface area contributed by atoms with Gasteiger partial charge in [0.1, 0.15) is 17.8 Å². The summed E-state index contributed by atoms with van der Waals surface area (Å²) in [5.74, 6) is -1.58. The van der Waals surface area contributed by atoms with Crippen LogP contribution >= 0.6 is 0 Å². The van der Waals surface area contributed by atoms with Crippen LogP contribution in [-0.4, -0.2) is 43.6 Å². The Labute approximate surface area is 178 Å². The summed E-state index contributed by atoms with van der Waals surface area (Å²) in [5, 5.41) is 11.2. The first-order chi connectivity index (χ1) is 14.1. The van der Waals surface area contributed by atoms with Gasteiger partial charge in [0.15, 0.2) is 9.84 Å². The van der Waals surface area contributed by atoms with E-state index < -0.39 is 46.2 Å². The first-order valence-electron chi connectivity index (χ1n) is 9.23. The highest BCUT2D eigenvalue weighted by Crippen LogP contribution is 2.35. The Kier molecular flexibility index (Phi) is 7.17. The molecule has 31 heavy (non-hydrogen) atoms. The van der Waals surface area contributed by atoms with Crippen molar-refractivity contribution in [1.29, 1.82) is 0 Å². The highest BCUT2D eigenvalue weighted by Gasteiger charge is 2.43. The molecule has 170 valence electrons. The van der Waals surface area contributed by atoms with Crippen LogP contribution < -0.4 is 5.32 Å². The Morgan fingerprint density at radius 1 is 0.968 bits per heavy atom. The number of halogens is 4. The summed E-state index contributed by atoms with van der Waals surface area (Å²) in [5.41, 5.74) is -1.07. The Hall–Kier alpha value is -2.46. The summed E-state index contributed by atoms with van der Waals surface area (Å²) in [7, 11) is -3.38. The largest absolute Gasteiger partial charge is 0.480 e. The zero-order chi connectivity index (χ0) is 23.6. The molecule has 2 aromatic carbocycles. The number of alkyl halides is 4. The number of sulfone groups is 1. The van der Waals surface area contributed by atoms with Crippen LogP contribution in [0.25, 0.3) is 11.1 Å². The van der Waals surface area contributed by atoms with Crippen molar-refractivity contribution in [3.05, 3.63) is 54.1 Å². The van der Waals surface area contributed by atoms with Gasteiger partial charge in [-0.25, -0.2) is 12.8 Å². The van der Waals surface area contributed by atoms with Crippen LogP contribution in [0.3, 0.4) is 0 Å². The first kappa shape index (κ1) is 24.8. The third-order valence-electron chi connectivity index (χ3n) is 4.54. The standard InChI is InChI=1S/C21H23F4NO4S/c1-20(2,22)12-17(19(27)28)26-18(21(23,24)25)15-6-4-13(5-7-15)14-8-10-16(11-9-14)31(3,29)30/h4-11,17-18,26H,12H2,1-3H3,(H,27,28). The SMILES string of the molecule is CC(C)(F)CC(NC(c1ccc(-c2ccc(S(C)(=O)=O)cc2)cc1)C(F)(F)F)C(=O)O. The van der Waals surface area contributed by atoms with Gasteiger partial charge in [0.2, 0.25) is 0 Å². The van der Waals surface area contributed by atoms with E-state index in [2.05, 4.69) is 0 Å². The Morgan fingerprint density at radius 3 is 1.77 bits per heavy atom. The molecule has 0 spiro atoms. The Bertz CT molecular complexity index is 1010. The molecule has 0 bridgehead atoms. The maximum absolute atomic E-state index is 13.9. The molecule has 0 saturated carbocycles. The lowest BCUT2D eigenvalue weighted by Crippen LogP contribution is -2.47. The van der Waals surface area contributed by atoms with Gasteiger partial charge in [0.25, 0.3) is 0 Å². The number of carboxylic acid groups (broad SMARTS) is 1. The van der Waals surface area contributed by atoms with Crippen LogP contribution in [0, 0.1) is 0 Å². The summed E-state index contributed by atoms with van der Waals surface area (Å²) >= 11 is 0. The van der Waals surface area contributed by atoms with Crippen molar-refractivity contribution in [1.82, 2.24) is 5.32 Å². The van der Waals surface area contributed by atoms with Gasteiger partial charge in [0.05, 0.1) is 4.90 Å². The minimum absolute atomic E-state index is 0.115. The molecule has 2 N–H and O–H groups in total. The molecule has 0 amide bonds. The summed E-state index contributed by atoms with van der Waals surface area (Å²) in [6.07, 6.45) is -4.39. The zero-order valence-electron chi connectivity index (χ0n) is 17.1. The van der Waals surface area contributed by atoms with Crippen LogP contribution in [0.1, 0.15) is 31.9 Å². The summed E-state index contributed by atoms with van der Waals surface area (Å²) in [6, 6.07) is 7.05. The molecule has 0 aliphatic rings. The molecule has 5 nitrogen and oxygen atoms in total. The van der Waals surface area contributed by atoms with E-state index in [1.165, 1.54) is 48.5 Å². The predicted molar refractivity (Wildman–Crippen MR) is 108 cm³/mol. The predicted octanol–water partition coefficient (Wildman–Crippen LogP) is 4.54. The zero-order valence-corrected chi connectivity index (χ0v) is 17.9. The van der Waals surface area contributed by atoms with Crippen LogP contribution in [0.4, 0.5) is 17.6 Å². The van der Waals surface area contributed by atoms with Gasteiger partial charge < -0.3 is 5.11 Å². The van der Waals surface area contributed by atoms with Crippen molar-refractivity contribution < 1.29 is 35.9 Å². The number of hydrogen-bond donors (Lipinski definition) is 2. The first-order valence-corrected chi connectivity index (χ1v) is 11.1. The second kappa shape index (κ2) is 8.96. The summed E-state index contributed by atoms with van der Waals surface area (Å²) < 4.78 is 77.9. The molecule has 0 radical (unpaired) electrons. The molecular formula is C21H23F4NO4S. The molecule has 0 fully saturated rings. The van der Waals surface area contributed by atoms with E-state index in [0.29, 0.717) is 11.1 Å². The smallest absolute Gasteiger partial charge is 0.407 e. The Morgan fingerprint density at radius 2 is 1.42 bits per heavy atom. The lowest BCUT2D eigenvalue weighted by Gasteiger charge is -2.28. The van der Waals surface area contributed by atoms with Crippen LogP contribution in [0.15, 0.2) is 53.4 Å². The minimum Gasteiger partial charge on any atom is -0.480 e. The minimum atomic E-state index is -4.81. The van der Waals surface area contributed by atoms with Gasteiger partial charge in [-0.15, -0.1) is 0 Å². The van der Waals surface area contributed by atoms with E-state index in [-0.39, 0.29) is 10.5 Å². The number of nitrogens with one attached hydrogen (secondary N) is 1. The van der Waals surface area contributed by atoms with Gasteiger partial charge in [-0.1, -0.05) is 36.4 Å². The highest BCUT2D eigenvalue weighted by atomic mass is 32.2.